The molecule has 1 aromatic heterocycles. The lowest BCUT2D eigenvalue weighted by atomic mass is 9.70. The van der Waals surface area contributed by atoms with Crippen molar-refractivity contribution in [1.29, 1.82) is 0 Å². The fourth-order valence-electron chi connectivity index (χ4n) is 10.8. The zero-order chi connectivity index (χ0) is 42.2. The molecule has 2 nitrogen and oxygen atoms in total. The van der Waals surface area contributed by atoms with Crippen LogP contribution in [0, 0.1) is 0 Å². The molecule has 1 unspecified atom stereocenters. The van der Waals surface area contributed by atoms with Gasteiger partial charge in [-0.25, -0.2) is 0 Å². The van der Waals surface area contributed by atoms with Crippen molar-refractivity contribution in [2.24, 2.45) is 0 Å². The van der Waals surface area contributed by atoms with Gasteiger partial charge in [0.25, 0.3) is 0 Å². The number of rotatable bonds is 7. The number of hydrogen-bond donors (Lipinski definition) is 0. The van der Waals surface area contributed by atoms with Gasteiger partial charge in [0.05, 0.1) is 21.5 Å². The number of nitrogens with zero attached hydrogens (tertiary/aromatic N) is 2. The Morgan fingerprint density at radius 1 is 0.312 bits per heavy atom. The molecular weight excluding hydrogens is 793 g/mol. The van der Waals surface area contributed by atoms with Gasteiger partial charge >= 0.3 is 0 Å². The third-order valence-electron chi connectivity index (χ3n) is 13.5. The molecule has 10 aromatic carbocycles. The first kappa shape index (κ1) is 36.7. The number of fused-ring (bicyclic) bond motifs is 13. The standard InChI is InChI=1S/C61H40N2S/c1-4-18-43(19-5-1)62(44-20-6-2-7-21-44)46-37-34-41(35-38-46)42-36-39-48-47-24-10-13-28-52(47)61(55(48)40-42)53-29-14-11-26-51(53)59-54(61)30-17-31-56(59)63(45-22-8-3-9-23-45)57-32-16-27-50-49-25-12-15-33-58(49)64-60(50)57/h1-40H. The van der Waals surface area contributed by atoms with Gasteiger partial charge in [-0.1, -0.05) is 170 Å². The Morgan fingerprint density at radius 2 is 0.812 bits per heavy atom. The summed E-state index contributed by atoms with van der Waals surface area (Å²) in [5, 5.41) is 2.59. The number of thiophene rings is 1. The predicted octanol–water partition coefficient (Wildman–Crippen LogP) is 17.0. The third-order valence-corrected chi connectivity index (χ3v) is 14.7. The van der Waals surface area contributed by atoms with E-state index in [2.05, 4.69) is 252 Å². The molecule has 0 aliphatic heterocycles. The van der Waals surface area contributed by atoms with E-state index in [1.165, 1.54) is 87.2 Å². The number of anilines is 6. The van der Waals surface area contributed by atoms with Crippen molar-refractivity contribution in [2.45, 2.75) is 5.41 Å². The average Bonchev–Trinajstić information content (AvgIpc) is 4.00. The van der Waals surface area contributed by atoms with Crippen LogP contribution in [-0.4, -0.2) is 0 Å². The van der Waals surface area contributed by atoms with Crippen LogP contribution in [0.4, 0.5) is 34.1 Å². The van der Waals surface area contributed by atoms with Crippen LogP contribution < -0.4 is 9.80 Å². The van der Waals surface area contributed by atoms with Crippen molar-refractivity contribution in [3.8, 4) is 33.4 Å². The second-order valence-electron chi connectivity index (χ2n) is 16.8. The molecular formula is C61H40N2S. The van der Waals surface area contributed by atoms with E-state index >= 15 is 0 Å². The number of hydrogen-bond acceptors (Lipinski definition) is 3. The SMILES string of the molecule is c1ccc(N(c2ccccc2)c2ccc(-c3ccc4c(c3)C3(c5ccccc5-4)c4ccccc4-c4c(N(c5ccccc5)c5cccc6c5sc5ccccc56)cccc43)cc2)cc1. The maximum atomic E-state index is 2.51. The molecule has 1 atom stereocenters. The topological polar surface area (TPSA) is 6.48 Å². The molecule has 0 fully saturated rings. The molecule has 1 spiro atoms. The van der Waals surface area contributed by atoms with E-state index in [0.717, 1.165) is 22.7 Å². The van der Waals surface area contributed by atoms with Crippen molar-refractivity contribution in [3.63, 3.8) is 0 Å². The molecule has 0 radical (unpaired) electrons. The summed E-state index contributed by atoms with van der Waals surface area (Å²) < 4.78 is 2.59. The summed E-state index contributed by atoms with van der Waals surface area (Å²) in [7, 11) is 0. The molecule has 300 valence electrons. The minimum atomic E-state index is -0.521. The molecule has 1 heterocycles. The second kappa shape index (κ2) is 14.6. The summed E-state index contributed by atoms with van der Waals surface area (Å²) in [6.45, 7) is 0. The Kier molecular flexibility index (Phi) is 8.34. The van der Waals surface area contributed by atoms with Crippen LogP contribution in [0.5, 0.6) is 0 Å². The Hall–Kier alpha value is -7.98. The van der Waals surface area contributed by atoms with Crippen LogP contribution in [0.15, 0.2) is 243 Å². The van der Waals surface area contributed by atoms with E-state index in [-0.39, 0.29) is 0 Å². The van der Waals surface area contributed by atoms with E-state index in [1.807, 2.05) is 11.3 Å². The first-order chi connectivity index (χ1) is 31.8. The fourth-order valence-corrected chi connectivity index (χ4v) is 12.0. The molecule has 11 aromatic rings. The summed E-state index contributed by atoms with van der Waals surface area (Å²) >= 11 is 1.88. The van der Waals surface area contributed by atoms with Gasteiger partial charge in [-0.3, -0.25) is 0 Å². The Balaban J connectivity index is 1.01. The van der Waals surface area contributed by atoms with E-state index in [1.54, 1.807) is 0 Å². The first-order valence-corrected chi connectivity index (χ1v) is 22.8. The number of benzene rings is 10. The minimum Gasteiger partial charge on any atom is -0.311 e. The molecule has 13 rings (SSSR count). The molecule has 64 heavy (non-hydrogen) atoms. The van der Waals surface area contributed by atoms with E-state index < -0.39 is 5.41 Å². The highest BCUT2D eigenvalue weighted by Crippen LogP contribution is 2.65. The highest BCUT2D eigenvalue weighted by Gasteiger charge is 2.52. The smallest absolute Gasteiger partial charge is 0.0726 e. The van der Waals surface area contributed by atoms with Crippen LogP contribution in [0.2, 0.25) is 0 Å². The van der Waals surface area contributed by atoms with Crippen LogP contribution in [0.1, 0.15) is 22.3 Å². The van der Waals surface area contributed by atoms with Gasteiger partial charge in [0, 0.05) is 43.8 Å². The molecule has 0 amide bonds. The maximum Gasteiger partial charge on any atom is 0.0726 e. The Bertz CT molecular complexity index is 3520. The first-order valence-electron chi connectivity index (χ1n) is 22.0. The summed E-state index contributed by atoms with van der Waals surface area (Å²) in [5.74, 6) is 0. The van der Waals surface area contributed by atoms with Crippen molar-refractivity contribution in [2.75, 3.05) is 9.80 Å². The van der Waals surface area contributed by atoms with Crippen LogP contribution in [0.3, 0.4) is 0 Å². The summed E-state index contributed by atoms with van der Waals surface area (Å²) in [5.41, 5.74) is 19.2. The minimum absolute atomic E-state index is 0.521. The normalized spacial score (nSPS) is 14.3. The molecule has 0 N–H and O–H groups in total. The van der Waals surface area contributed by atoms with Crippen LogP contribution in [0.25, 0.3) is 53.6 Å². The van der Waals surface area contributed by atoms with Crippen molar-refractivity contribution < 1.29 is 0 Å². The molecule has 3 heteroatoms. The van der Waals surface area contributed by atoms with E-state index in [4.69, 9.17) is 0 Å². The van der Waals surface area contributed by atoms with Gasteiger partial charge in [-0.15, -0.1) is 11.3 Å². The summed E-state index contributed by atoms with van der Waals surface area (Å²) in [6.07, 6.45) is 0. The average molecular weight is 833 g/mol. The Morgan fingerprint density at radius 3 is 1.53 bits per heavy atom. The lowest BCUT2D eigenvalue weighted by Gasteiger charge is -2.32. The van der Waals surface area contributed by atoms with Crippen molar-refractivity contribution in [3.05, 3.63) is 265 Å². The van der Waals surface area contributed by atoms with Gasteiger partial charge in [-0.2, -0.15) is 0 Å². The van der Waals surface area contributed by atoms with Crippen LogP contribution >= 0.6 is 11.3 Å². The summed E-state index contributed by atoms with van der Waals surface area (Å²) in [6, 6.07) is 89.3. The summed E-state index contributed by atoms with van der Waals surface area (Å²) in [4.78, 5) is 4.84. The van der Waals surface area contributed by atoms with E-state index in [9.17, 15) is 0 Å². The van der Waals surface area contributed by atoms with Gasteiger partial charge in [-0.05, 0) is 123 Å². The molecule has 0 saturated carbocycles. The molecule has 0 bridgehead atoms. The highest BCUT2D eigenvalue weighted by molar-refractivity contribution is 7.26. The van der Waals surface area contributed by atoms with Crippen molar-refractivity contribution >= 4 is 65.6 Å². The van der Waals surface area contributed by atoms with Gasteiger partial charge in [0.15, 0.2) is 0 Å². The second-order valence-corrected chi connectivity index (χ2v) is 17.8. The predicted molar refractivity (Wildman–Crippen MR) is 270 cm³/mol. The zero-order valence-electron chi connectivity index (χ0n) is 34.9. The highest BCUT2D eigenvalue weighted by atomic mass is 32.1. The molecule has 2 aliphatic rings. The zero-order valence-corrected chi connectivity index (χ0v) is 35.7. The van der Waals surface area contributed by atoms with Gasteiger partial charge < -0.3 is 9.80 Å². The quantitative estimate of drug-likeness (QED) is 0.158. The Labute approximate surface area is 377 Å². The van der Waals surface area contributed by atoms with Crippen LogP contribution in [-0.2, 0) is 5.41 Å². The molecule has 2 aliphatic carbocycles. The molecule has 0 saturated heterocycles. The van der Waals surface area contributed by atoms with E-state index in [0.29, 0.717) is 0 Å². The largest absolute Gasteiger partial charge is 0.311 e. The third kappa shape index (κ3) is 5.38. The fraction of sp³-hybridized carbons (Fsp3) is 0.0164. The van der Waals surface area contributed by atoms with Gasteiger partial charge in [0.1, 0.15) is 0 Å². The monoisotopic (exact) mass is 832 g/mol. The maximum absolute atomic E-state index is 2.51. The number of para-hydroxylation sites is 3. The lowest BCUT2D eigenvalue weighted by molar-refractivity contribution is 0.794. The lowest BCUT2D eigenvalue weighted by Crippen LogP contribution is -2.26. The van der Waals surface area contributed by atoms with Crippen molar-refractivity contribution in [1.82, 2.24) is 0 Å². The van der Waals surface area contributed by atoms with Gasteiger partial charge in [0.2, 0.25) is 0 Å².